The fourth-order valence-electron chi connectivity index (χ4n) is 4.66. The summed E-state index contributed by atoms with van der Waals surface area (Å²) >= 11 is 0. The smallest absolute Gasteiger partial charge is 0.264 e. The molecule has 1 amide bonds. The van der Waals surface area contributed by atoms with Gasteiger partial charge in [-0.15, -0.1) is 0 Å². The molecule has 0 aliphatic carbocycles. The second kappa shape index (κ2) is 10.3. The van der Waals surface area contributed by atoms with Crippen LogP contribution >= 0.6 is 0 Å². The first kappa shape index (κ1) is 25.8. The zero-order valence-electron chi connectivity index (χ0n) is 21.3. The Morgan fingerprint density at radius 3 is 2.14 bits per heavy atom. The number of anilines is 1. The molecule has 4 rings (SSSR count). The van der Waals surface area contributed by atoms with Gasteiger partial charge in [-0.25, -0.2) is 8.42 Å². The van der Waals surface area contributed by atoms with E-state index in [0.717, 1.165) is 35.3 Å². The SMILES string of the molecule is CCC1(CC)C[C@@H](NC(=O)CN(c2ccc(C)cc2)S(=O)(=O)c2ccc(C)cc2)c2ccccc2O1. The minimum absolute atomic E-state index is 0.147. The van der Waals surface area contributed by atoms with Crippen LogP contribution in [0.3, 0.4) is 0 Å². The number of fused-ring (bicyclic) bond motifs is 1. The maximum Gasteiger partial charge on any atom is 0.264 e. The highest BCUT2D eigenvalue weighted by atomic mass is 32.2. The first-order valence-electron chi connectivity index (χ1n) is 12.4. The number of amides is 1. The van der Waals surface area contributed by atoms with Gasteiger partial charge in [0.1, 0.15) is 17.9 Å². The van der Waals surface area contributed by atoms with E-state index in [9.17, 15) is 13.2 Å². The van der Waals surface area contributed by atoms with E-state index < -0.39 is 10.0 Å². The van der Waals surface area contributed by atoms with Gasteiger partial charge < -0.3 is 10.1 Å². The third-order valence-electron chi connectivity index (χ3n) is 7.04. The molecule has 0 radical (unpaired) electrons. The second-order valence-corrected chi connectivity index (χ2v) is 11.4. The number of ether oxygens (including phenoxy) is 1. The molecule has 0 spiro atoms. The quantitative estimate of drug-likeness (QED) is 0.425. The molecule has 3 aromatic carbocycles. The Kier molecular flexibility index (Phi) is 7.41. The Balaban J connectivity index is 1.65. The second-order valence-electron chi connectivity index (χ2n) is 9.51. The van der Waals surface area contributed by atoms with Crippen LogP contribution in [0.15, 0.2) is 77.7 Å². The molecule has 3 aromatic rings. The molecule has 1 aliphatic rings. The number of hydrogen-bond acceptors (Lipinski definition) is 4. The molecular weight excluding hydrogens is 472 g/mol. The number of carbonyl (C=O) groups is 1. The number of aryl methyl sites for hydroxylation is 2. The number of para-hydroxylation sites is 1. The molecule has 190 valence electrons. The van der Waals surface area contributed by atoms with Crippen LogP contribution in [0, 0.1) is 13.8 Å². The summed E-state index contributed by atoms with van der Waals surface area (Å²) in [5.41, 5.74) is 2.94. The van der Waals surface area contributed by atoms with Crippen molar-refractivity contribution in [2.24, 2.45) is 0 Å². The van der Waals surface area contributed by atoms with Gasteiger partial charge in [-0.2, -0.15) is 0 Å². The van der Waals surface area contributed by atoms with Crippen molar-refractivity contribution in [3.63, 3.8) is 0 Å². The lowest BCUT2D eigenvalue weighted by molar-refractivity contribution is -0.121. The summed E-state index contributed by atoms with van der Waals surface area (Å²) in [5, 5.41) is 3.12. The van der Waals surface area contributed by atoms with Crippen molar-refractivity contribution in [1.29, 1.82) is 0 Å². The van der Waals surface area contributed by atoms with E-state index >= 15 is 0 Å². The molecule has 0 bridgehead atoms. The molecule has 0 unspecified atom stereocenters. The zero-order valence-corrected chi connectivity index (χ0v) is 22.1. The number of nitrogens with zero attached hydrogens (tertiary/aromatic N) is 1. The highest BCUT2D eigenvalue weighted by molar-refractivity contribution is 7.92. The van der Waals surface area contributed by atoms with E-state index in [4.69, 9.17) is 4.74 Å². The topological polar surface area (TPSA) is 75.7 Å². The molecule has 0 saturated heterocycles. The van der Waals surface area contributed by atoms with Crippen LogP contribution < -0.4 is 14.4 Å². The largest absolute Gasteiger partial charge is 0.487 e. The Morgan fingerprint density at radius 2 is 1.53 bits per heavy atom. The Bertz CT molecular complexity index is 1310. The number of rotatable bonds is 8. The summed E-state index contributed by atoms with van der Waals surface area (Å²) in [5.74, 6) is 0.398. The molecule has 6 nitrogen and oxygen atoms in total. The predicted octanol–water partition coefficient (Wildman–Crippen LogP) is 5.70. The van der Waals surface area contributed by atoms with Crippen molar-refractivity contribution in [3.8, 4) is 5.75 Å². The summed E-state index contributed by atoms with van der Waals surface area (Å²) in [4.78, 5) is 13.6. The van der Waals surface area contributed by atoms with Gasteiger partial charge in [0.25, 0.3) is 10.0 Å². The molecule has 0 aromatic heterocycles. The Labute approximate surface area is 214 Å². The number of nitrogens with one attached hydrogen (secondary N) is 1. The van der Waals surface area contributed by atoms with Crippen molar-refractivity contribution >= 4 is 21.6 Å². The number of hydrogen-bond donors (Lipinski definition) is 1. The first-order valence-corrected chi connectivity index (χ1v) is 13.8. The van der Waals surface area contributed by atoms with E-state index in [1.165, 1.54) is 4.31 Å². The van der Waals surface area contributed by atoms with Gasteiger partial charge in [0.05, 0.1) is 16.6 Å². The molecule has 36 heavy (non-hydrogen) atoms. The normalized spacial score (nSPS) is 16.5. The van der Waals surface area contributed by atoms with E-state index in [2.05, 4.69) is 19.2 Å². The average Bonchev–Trinajstić information content (AvgIpc) is 2.88. The zero-order chi connectivity index (χ0) is 25.9. The lowest BCUT2D eigenvalue weighted by Crippen LogP contribution is -2.47. The fourth-order valence-corrected chi connectivity index (χ4v) is 6.08. The average molecular weight is 507 g/mol. The number of carbonyl (C=O) groups excluding carboxylic acids is 1. The van der Waals surface area contributed by atoms with Gasteiger partial charge in [-0.05, 0) is 57.0 Å². The first-order chi connectivity index (χ1) is 17.2. The van der Waals surface area contributed by atoms with Gasteiger partial charge in [-0.3, -0.25) is 9.10 Å². The monoisotopic (exact) mass is 506 g/mol. The third-order valence-corrected chi connectivity index (χ3v) is 8.83. The predicted molar refractivity (Wildman–Crippen MR) is 143 cm³/mol. The highest BCUT2D eigenvalue weighted by Gasteiger charge is 2.39. The maximum absolute atomic E-state index is 13.7. The summed E-state index contributed by atoms with van der Waals surface area (Å²) in [6, 6.07) is 21.3. The van der Waals surface area contributed by atoms with Crippen LogP contribution in [0.1, 0.15) is 55.8 Å². The molecule has 0 fully saturated rings. The molecule has 1 heterocycles. The van der Waals surface area contributed by atoms with Crippen LogP contribution in [0.2, 0.25) is 0 Å². The lowest BCUT2D eigenvalue weighted by atomic mass is 9.83. The number of sulfonamides is 1. The lowest BCUT2D eigenvalue weighted by Gasteiger charge is -2.41. The molecular formula is C29H34N2O4S. The van der Waals surface area contributed by atoms with Crippen LogP contribution in [-0.4, -0.2) is 26.5 Å². The molecule has 1 aliphatic heterocycles. The van der Waals surface area contributed by atoms with Gasteiger partial charge in [0.15, 0.2) is 0 Å². The Morgan fingerprint density at radius 1 is 0.944 bits per heavy atom. The van der Waals surface area contributed by atoms with E-state index in [1.807, 2.05) is 50.2 Å². The van der Waals surface area contributed by atoms with Crippen LogP contribution in [-0.2, 0) is 14.8 Å². The van der Waals surface area contributed by atoms with Crippen molar-refractivity contribution in [2.45, 2.75) is 63.5 Å². The van der Waals surface area contributed by atoms with Gasteiger partial charge in [-0.1, -0.05) is 67.4 Å². The summed E-state index contributed by atoms with van der Waals surface area (Å²) in [7, 11) is -3.96. The van der Waals surface area contributed by atoms with Crippen molar-refractivity contribution < 1.29 is 17.9 Å². The summed E-state index contributed by atoms with van der Waals surface area (Å²) in [6.45, 7) is 7.68. The van der Waals surface area contributed by atoms with E-state index in [1.54, 1.807) is 36.4 Å². The van der Waals surface area contributed by atoms with Crippen LogP contribution in [0.4, 0.5) is 5.69 Å². The minimum atomic E-state index is -3.96. The number of benzene rings is 3. The van der Waals surface area contributed by atoms with Crippen molar-refractivity contribution in [2.75, 3.05) is 10.8 Å². The summed E-state index contributed by atoms with van der Waals surface area (Å²) in [6.07, 6.45) is 2.24. The molecule has 1 N–H and O–H groups in total. The van der Waals surface area contributed by atoms with Crippen molar-refractivity contribution in [3.05, 3.63) is 89.5 Å². The van der Waals surface area contributed by atoms with Gasteiger partial charge in [0, 0.05) is 12.0 Å². The maximum atomic E-state index is 13.7. The highest BCUT2D eigenvalue weighted by Crippen LogP contribution is 2.42. The van der Waals surface area contributed by atoms with Crippen LogP contribution in [0.25, 0.3) is 0 Å². The fraction of sp³-hybridized carbons (Fsp3) is 0.345. The molecule has 0 saturated carbocycles. The van der Waals surface area contributed by atoms with Gasteiger partial charge in [0.2, 0.25) is 5.91 Å². The summed E-state index contributed by atoms with van der Waals surface area (Å²) < 4.78 is 34.9. The van der Waals surface area contributed by atoms with Crippen molar-refractivity contribution in [1.82, 2.24) is 5.32 Å². The molecule has 1 atom stereocenters. The molecule has 7 heteroatoms. The van der Waals surface area contributed by atoms with E-state index in [-0.39, 0.29) is 29.0 Å². The van der Waals surface area contributed by atoms with Crippen LogP contribution in [0.5, 0.6) is 5.75 Å². The van der Waals surface area contributed by atoms with Gasteiger partial charge >= 0.3 is 0 Å². The Hall–Kier alpha value is -3.32. The van der Waals surface area contributed by atoms with E-state index in [0.29, 0.717) is 12.1 Å². The minimum Gasteiger partial charge on any atom is -0.487 e. The standard InChI is InChI=1S/C29H34N2O4S/c1-5-29(6-2)19-26(25-9-7-8-10-27(25)35-29)30-28(32)20-31(23-15-11-21(3)12-16-23)36(33,34)24-17-13-22(4)14-18-24/h7-18,26H,5-6,19-20H2,1-4H3,(H,30,32)/t26-/m1/s1. The third kappa shape index (κ3) is 5.26.